The van der Waals surface area contributed by atoms with E-state index in [0.29, 0.717) is 41.8 Å². The van der Waals surface area contributed by atoms with Crippen molar-refractivity contribution in [3.05, 3.63) is 171 Å². The maximum absolute atomic E-state index is 14.7. The van der Waals surface area contributed by atoms with Crippen molar-refractivity contribution in [3.8, 4) is 16.9 Å². The molecular formula is C40H37ClN6O4. The van der Waals surface area contributed by atoms with Crippen LogP contribution < -0.4 is 15.6 Å². The monoisotopic (exact) mass is 700 g/mol. The van der Waals surface area contributed by atoms with Crippen molar-refractivity contribution in [2.45, 2.75) is 37.6 Å². The smallest absolute Gasteiger partial charge is 0.266 e. The highest BCUT2D eigenvalue weighted by atomic mass is 35.5. The molecule has 0 bridgehead atoms. The number of nitrogens with one attached hydrogen (secondary N) is 2. The number of hydrazine groups is 1. The Kier molecular flexibility index (Phi) is 11.6. The molecule has 0 unspecified atom stereocenters. The van der Waals surface area contributed by atoms with E-state index >= 15 is 0 Å². The van der Waals surface area contributed by atoms with E-state index in [4.69, 9.17) is 36.7 Å². The van der Waals surface area contributed by atoms with Crippen LogP contribution in [0.3, 0.4) is 0 Å². The Morgan fingerprint density at radius 3 is 2.33 bits per heavy atom. The molecule has 1 aliphatic heterocycles. The van der Waals surface area contributed by atoms with Gasteiger partial charge < -0.3 is 14.6 Å². The summed E-state index contributed by atoms with van der Waals surface area (Å²) >= 11 is 6.21. The second-order valence-electron chi connectivity index (χ2n) is 12.0. The van der Waals surface area contributed by atoms with Crippen LogP contribution in [0.5, 0.6) is 5.75 Å². The van der Waals surface area contributed by atoms with Gasteiger partial charge in [0.05, 0.1) is 13.2 Å². The summed E-state index contributed by atoms with van der Waals surface area (Å²) in [5.41, 5.74) is 19.6. The Morgan fingerprint density at radius 2 is 1.61 bits per heavy atom. The largest absolute Gasteiger partial charge is 0.494 e. The molecule has 0 aromatic heterocycles. The number of benzene rings is 5. The number of aliphatic hydroxyl groups is 1. The number of azide groups is 1. The molecule has 1 aliphatic rings. The van der Waals surface area contributed by atoms with Crippen LogP contribution in [0.15, 0.2) is 138 Å². The molecule has 0 radical (unpaired) electrons. The van der Waals surface area contributed by atoms with Crippen molar-refractivity contribution in [1.29, 1.82) is 0 Å². The minimum atomic E-state index is -1.49. The lowest BCUT2D eigenvalue weighted by molar-refractivity contribution is -0.130. The Hall–Kier alpha value is -5.64. The Labute approximate surface area is 301 Å². The van der Waals surface area contributed by atoms with E-state index < -0.39 is 17.6 Å². The number of aliphatic imine (C=N–C) groups is 1. The standard InChI is InChI=1S/C40H37ClN6O4/c41-35-13-6-8-28(24-35)26-43-46-39(49)40(25-33-11-4-5-12-34(33)27-44-47-42)37(31-16-14-30(15-17-31)29-9-2-1-3-10-29)51-38(45-40)32-18-20-36(21-19-32)50-23-7-22-48/h1-6,8-21,24,37,43,48H,7,22-23,25-27H2,(H,46,49)/t37-,40-/m0/s1. The van der Waals surface area contributed by atoms with Crippen LogP contribution in [0.4, 0.5) is 0 Å². The summed E-state index contributed by atoms with van der Waals surface area (Å²) < 4.78 is 12.5. The zero-order valence-corrected chi connectivity index (χ0v) is 28.5. The first-order valence-electron chi connectivity index (χ1n) is 16.6. The van der Waals surface area contributed by atoms with Crippen molar-refractivity contribution < 1.29 is 19.4 Å². The normalized spacial score (nSPS) is 16.4. The molecule has 6 rings (SSSR count). The Balaban J connectivity index is 1.41. The molecule has 0 saturated carbocycles. The van der Waals surface area contributed by atoms with Gasteiger partial charge in [0.1, 0.15) is 5.75 Å². The number of hydrogen-bond donors (Lipinski definition) is 3. The van der Waals surface area contributed by atoms with Crippen LogP contribution in [0, 0.1) is 0 Å². The fraction of sp³-hybridized carbons (Fsp3) is 0.200. The van der Waals surface area contributed by atoms with Crippen molar-refractivity contribution in [3.63, 3.8) is 0 Å². The van der Waals surface area contributed by atoms with Gasteiger partial charge in [-0.15, -0.1) is 0 Å². The average molecular weight is 701 g/mol. The highest BCUT2D eigenvalue weighted by Gasteiger charge is 2.53. The molecule has 0 spiro atoms. The number of rotatable bonds is 15. The van der Waals surface area contributed by atoms with Crippen LogP contribution in [0.25, 0.3) is 21.6 Å². The molecule has 258 valence electrons. The number of halogens is 1. The van der Waals surface area contributed by atoms with E-state index in [9.17, 15) is 4.79 Å². The summed E-state index contributed by atoms with van der Waals surface area (Å²) in [5.74, 6) is 0.533. The average Bonchev–Trinajstić information content (AvgIpc) is 3.55. The fourth-order valence-corrected chi connectivity index (χ4v) is 6.24. The van der Waals surface area contributed by atoms with Gasteiger partial charge in [-0.25, -0.2) is 10.4 Å². The summed E-state index contributed by atoms with van der Waals surface area (Å²) in [6.45, 7) is 0.861. The minimum Gasteiger partial charge on any atom is -0.494 e. The van der Waals surface area contributed by atoms with Gasteiger partial charge in [-0.05, 0) is 75.3 Å². The quantitative estimate of drug-likeness (QED) is 0.0335. The lowest BCUT2D eigenvalue weighted by Crippen LogP contribution is -2.53. The first-order chi connectivity index (χ1) is 25.0. The SMILES string of the molecule is [N-]=[N+]=NCc1ccccc1C[C@]1(C(=O)NNCc2cccc(Cl)c2)N=C(c2ccc(OCCCO)cc2)O[C@H]1c1ccc(-c2ccccc2)cc1. The van der Waals surface area contributed by atoms with E-state index in [-0.39, 0.29) is 19.6 Å². The number of ether oxygens (including phenoxy) is 2. The Bertz CT molecular complexity index is 2020. The first kappa shape index (κ1) is 35.2. The zero-order chi connectivity index (χ0) is 35.5. The molecule has 11 heteroatoms. The molecular weight excluding hydrogens is 664 g/mol. The number of hydrogen-bond acceptors (Lipinski definition) is 7. The highest BCUT2D eigenvalue weighted by molar-refractivity contribution is 6.30. The molecule has 1 heterocycles. The summed E-state index contributed by atoms with van der Waals surface area (Å²) in [6, 6.07) is 40.2. The van der Waals surface area contributed by atoms with Gasteiger partial charge in [0.15, 0.2) is 11.6 Å². The van der Waals surface area contributed by atoms with Crippen molar-refractivity contribution in [2.24, 2.45) is 10.1 Å². The molecule has 0 fully saturated rings. The van der Waals surface area contributed by atoms with Crippen molar-refractivity contribution in [2.75, 3.05) is 13.2 Å². The van der Waals surface area contributed by atoms with Gasteiger partial charge in [-0.2, -0.15) is 0 Å². The maximum Gasteiger partial charge on any atom is 0.266 e. The number of amides is 1. The molecule has 10 nitrogen and oxygen atoms in total. The van der Waals surface area contributed by atoms with Crippen molar-refractivity contribution >= 4 is 23.4 Å². The van der Waals surface area contributed by atoms with Gasteiger partial charge in [0.25, 0.3) is 5.91 Å². The maximum atomic E-state index is 14.7. The molecule has 0 aliphatic carbocycles. The lowest BCUT2D eigenvalue weighted by atomic mass is 9.80. The van der Waals surface area contributed by atoms with Gasteiger partial charge in [-0.1, -0.05) is 108 Å². The predicted octanol–water partition coefficient (Wildman–Crippen LogP) is 7.90. The van der Waals surface area contributed by atoms with Crippen LogP contribution in [-0.2, 0) is 29.0 Å². The molecule has 2 atom stereocenters. The first-order valence-corrected chi connectivity index (χ1v) is 17.0. The summed E-state index contributed by atoms with van der Waals surface area (Å²) in [7, 11) is 0. The molecule has 3 N–H and O–H groups in total. The number of carbonyl (C=O) groups excluding carboxylic acids is 1. The van der Waals surface area contributed by atoms with Gasteiger partial charge in [0.2, 0.25) is 5.90 Å². The summed E-state index contributed by atoms with van der Waals surface area (Å²) in [6.07, 6.45) is -0.170. The molecule has 5 aromatic carbocycles. The van der Waals surface area contributed by atoms with Gasteiger partial charge in [0, 0.05) is 41.5 Å². The highest BCUT2D eigenvalue weighted by Crippen LogP contribution is 2.43. The number of nitrogens with zero attached hydrogens (tertiary/aromatic N) is 4. The second-order valence-corrected chi connectivity index (χ2v) is 12.5. The third-order valence-electron chi connectivity index (χ3n) is 8.62. The van der Waals surface area contributed by atoms with E-state index in [2.05, 4.69) is 20.9 Å². The minimum absolute atomic E-state index is 0.0422. The van der Waals surface area contributed by atoms with Crippen molar-refractivity contribution in [1.82, 2.24) is 10.9 Å². The molecule has 0 saturated heterocycles. The van der Waals surface area contributed by atoms with E-state index in [1.807, 2.05) is 121 Å². The second kappa shape index (κ2) is 16.8. The molecule has 1 amide bonds. The Morgan fingerprint density at radius 1 is 0.902 bits per heavy atom. The third-order valence-corrected chi connectivity index (χ3v) is 8.85. The van der Waals surface area contributed by atoms with Gasteiger partial charge >= 0.3 is 0 Å². The van der Waals surface area contributed by atoms with E-state index in [1.165, 1.54) is 0 Å². The van der Waals surface area contributed by atoms with Crippen LogP contribution >= 0.6 is 11.6 Å². The van der Waals surface area contributed by atoms with Crippen LogP contribution in [-0.4, -0.2) is 35.7 Å². The number of aliphatic hydroxyl groups excluding tert-OH is 1. The molecule has 5 aromatic rings. The zero-order valence-electron chi connectivity index (χ0n) is 27.8. The lowest BCUT2D eigenvalue weighted by Gasteiger charge is -2.31. The summed E-state index contributed by atoms with van der Waals surface area (Å²) in [5, 5.41) is 13.5. The predicted molar refractivity (Wildman–Crippen MR) is 198 cm³/mol. The topological polar surface area (TPSA) is 141 Å². The fourth-order valence-electron chi connectivity index (χ4n) is 6.03. The summed E-state index contributed by atoms with van der Waals surface area (Å²) in [4.78, 5) is 22.8. The van der Waals surface area contributed by atoms with Crippen LogP contribution in [0.2, 0.25) is 5.02 Å². The van der Waals surface area contributed by atoms with E-state index in [1.54, 1.807) is 6.07 Å². The van der Waals surface area contributed by atoms with Crippen LogP contribution in [0.1, 0.15) is 40.3 Å². The third kappa shape index (κ3) is 8.57. The number of carbonyl (C=O) groups is 1. The van der Waals surface area contributed by atoms with Gasteiger partial charge in [-0.3, -0.25) is 10.2 Å². The molecule has 51 heavy (non-hydrogen) atoms. The van der Waals surface area contributed by atoms with E-state index in [0.717, 1.165) is 33.4 Å².